The normalized spacial score (nSPS) is 24.4. The molecule has 0 aliphatic carbocycles. The number of aromatic hydroxyl groups is 1. The highest BCUT2D eigenvalue weighted by Crippen LogP contribution is 2.27. The van der Waals surface area contributed by atoms with Crippen molar-refractivity contribution in [2.75, 3.05) is 14.1 Å². The van der Waals surface area contributed by atoms with Crippen LogP contribution in [0, 0.1) is 0 Å². The smallest absolute Gasteiger partial charge is 0.323 e. The number of thiocarbonyl (C=S) groups is 1. The number of benzene rings is 1. The van der Waals surface area contributed by atoms with Gasteiger partial charge in [0.2, 0.25) is 0 Å². The summed E-state index contributed by atoms with van der Waals surface area (Å²) in [6, 6.07) is 4.56. The van der Waals surface area contributed by atoms with E-state index in [9.17, 15) is 9.90 Å². The Morgan fingerprint density at radius 1 is 1.41 bits per heavy atom. The van der Waals surface area contributed by atoms with E-state index in [1.54, 1.807) is 41.0 Å². The van der Waals surface area contributed by atoms with Crippen molar-refractivity contribution in [3.8, 4) is 5.75 Å². The standard InChI is InChI=1S/C13H14ClN5O2S/c1-17-10-11(18(2)13(17)21)19(12(22)16-10)15-6-7-5-8(14)3-4-9(7)20/h3-6,10-11,20H,1-2H3,(H,16,22)/b15-6+. The Bertz CT molecular complexity index is 682. The lowest BCUT2D eigenvalue weighted by Gasteiger charge is -2.23. The molecule has 2 amide bonds. The molecule has 2 saturated heterocycles. The zero-order valence-corrected chi connectivity index (χ0v) is 13.5. The number of nitrogens with zero attached hydrogens (tertiary/aromatic N) is 4. The van der Waals surface area contributed by atoms with Gasteiger partial charge in [-0.25, -0.2) is 9.80 Å². The van der Waals surface area contributed by atoms with Crippen molar-refractivity contribution < 1.29 is 9.90 Å². The number of urea groups is 1. The van der Waals surface area contributed by atoms with Gasteiger partial charge < -0.3 is 20.2 Å². The van der Waals surface area contributed by atoms with E-state index >= 15 is 0 Å². The zero-order chi connectivity index (χ0) is 16.0. The predicted octanol–water partition coefficient (Wildman–Crippen LogP) is 1.22. The average Bonchev–Trinajstić information content (AvgIpc) is 2.91. The average molecular weight is 340 g/mol. The van der Waals surface area contributed by atoms with Crippen LogP contribution in [0.15, 0.2) is 23.3 Å². The minimum atomic E-state index is -0.331. The molecule has 116 valence electrons. The number of hydrazone groups is 1. The van der Waals surface area contributed by atoms with Crippen molar-refractivity contribution in [1.29, 1.82) is 0 Å². The second-order valence-corrected chi connectivity index (χ2v) is 5.93. The predicted molar refractivity (Wildman–Crippen MR) is 86.8 cm³/mol. The van der Waals surface area contributed by atoms with Gasteiger partial charge in [0.25, 0.3) is 0 Å². The molecule has 2 aliphatic rings. The highest BCUT2D eigenvalue weighted by Gasteiger charge is 2.51. The molecule has 9 heteroatoms. The van der Waals surface area contributed by atoms with E-state index in [1.807, 2.05) is 0 Å². The quantitative estimate of drug-likeness (QED) is 0.626. The molecule has 1 aromatic carbocycles. The van der Waals surface area contributed by atoms with E-state index in [2.05, 4.69) is 10.4 Å². The van der Waals surface area contributed by atoms with Gasteiger partial charge in [0.15, 0.2) is 11.3 Å². The first-order chi connectivity index (χ1) is 10.4. The molecule has 2 N–H and O–H groups in total. The van der Waals surface area contributed by atoms with Crippen molar-refractivity contribution in [3.05, 3.63) is 28.8 Å². The van der Waals surface area contributed by atoms with Gasteiger partial charge in [-0.2, -0.15) is 5.10 Å². The molecular formula is C13H14ClN5O2S. The van der Waals surface area contributed by atoms with E-state index < -0.39 is 0 Å². The molecule has 1 aromatic rings. The lowest BCUT2D eigenvalue weighted by molar-refractivity contribution is 0.174. The number of hydrogen-bond donors (Lipinski definition) is 2. The van der Waals surface area contributed by atoms with Crippen LogP contribution < -0.4 is 5.32 Å². The van der Waals surface area contributed by atoms with Crippen molar-refractivity contribution >= 4 is 41.2 Å². The first-order valence-corrected chi connectivity index (χ1v) is 7.30. The Hall–Kier alpha value is -2.06. The summed E-state index contributed by atoms with van der Waals surface area (Å²) in [4.78, 5) is 15.1. The van der Waals surface area contributed by atoms with Crippen LogP contribution in [-0.4, -0.2) is 63.7 Å². The molecule has 2 heterocycles. The van der Waals surface area contributed by atoms with E-state index in [-0.39, 0.29) is 24.1 Å². The fourth-order valence-corrected chi connectivity index (χ4v) is 3.01. The van der Waals surface area contributed by atoms with Crippen molar-refractivity contribution in [2.24, 2.45) is 5.10 Å². The molecule has 0 bridgehead atoms. The number of carbonyl (C=O) groups excluding carboxylic acids is 1. The molecule has 3 rings (SSSR count). The third-order valence-corrected chi connectivity index (χ3v) is 4.28. The molecule has 0 aromatic heterocycles. The van der Waals surface area contributed by atoms with Crippen LogP contribution in [0.4, 0.5) is 4.79 Å². The summed E-state index contributed by atoms with van der Waals surface area (Å²) in [5.74, 6) is 0.0655. The molecule has 0 spiro atoms. The van der Waals surface area contributed by atoms with Gasteiger partial charge in [-0.3, -0.25) is 0 Å². The number of halogens is 1. The van der Waals surface area contributed by atoms with Crippen LogP contribution in [0.1, 0.15) is 5.56 Å². The second-order valence-electron chi connectivity index (χ2n) is 5.10. The maximum atomic E-state index is 12.0. The lowest BCUT2D eigenvalue weighted by atomic mass is 10.2. The molecule has 7 nitrogen and oxygen atoms in total. The number of carbonyl (C=O) groups is 1. The van der Waals surface area contributed by atoms with E-state index in [4.69, 9.17) is 23.8 Å². The molecule has 22 heavy (non-hydrogen) atoms. The maximum absolute atomic E-state index is 12.0. The van der Waals surface area contributed by atoms with Gasteiger partial charge in [-0.1, -0.05) is 11.6 Å². The fraction of sp³-hybridized carbons (Fsp3) is 0.308. The molecular weight excluding hydrogens is 326 g/mol. The largest absolute Gasteiger partial charge is 0.507 e. The van der Waals surface area contributed by atoms with E-state index in [0.717, 1.165) is 0 Å². The molecule has 0 radical (unpaired) electrons. The fourth-order valence-electron chi connectivity index (χ4n) is 2.55. The summed E-state index contributed by atoms with van der Waals surface area (Å²) >= 11 is 11.2. The number of amides is 2. The first-order valence-electron chi connectivity index (χ1n) is 6.52. The Morgan fingerprint density at radius 3 is 2.86 bits per heavy atom. The monoisotopic (exact) mass is 339 g/mol. The van der Waals surface area contributed by atoms with Gasteiger partial charge >= 0.3 is 6.03 Å². The number of rotatable bonds is 2. The van der Waals surface area contributed by atoms with Crippen molar-refractivity contribution in [2.45, 2.75) is 12.3 Å². The maximum Gasteiger partial charge on any atom is 0.323 e. The SMILES string of the molecule is CN1C(=O)N(C)C2C1NC(=S)N2/N=C/c1cc(Cl)ccc1O. The molecule has 2 aliphatic heterocycles. The van der Waals surface area contributed by atoms with E-state index in [0.29, 0.717) is 15.7 Å². The Balaban J connectivity index is 1.88. The van der Waals surface area contributed by atoms with Crippen LogP contribution in [0.25, 0.3) is 0 Å². The third-order valence-electron chi connectivity index (χ3n) is 3.74. The summed E-state index contributed by atoms with van der Waals surface area (Å²) in [6.45, 7) is 0. The number of phenols is 1. The third kappa shape index (κ3) is 2.24. The van der Waals surface area contributed by atoms with Crippen molar-refractivity contribution in [1.82, 2.24) is 20.1 Å². The van der Waals surface area contributed by atoms with Crippen molar-refractivity contribution in [3.63, 3.8) is 0 Å². The summed E-state index contributed by atoms with van der Waals surface area (Å²) in [7, 11) is 3.40. The van der Waals surface area contributed by atoms with Gasteiger partial charge in [-0.05, 0) is 30.4 Å². The number of hydrogen-bond acceptors (Lipinski definition) is 4. The van der Waals surface area contributed by atoms with Gasteiger partial charge in [0, 0.05) is 24.7 Å². The number of likely N-dealkylation sites (N-methyl/N-ethyl adjacent to an activating group) is 2. The Labute approximate surface area is 137 Å². The topological polar surface area (TPSA) is 71.4 Å². The molecule has 2 fully saturated rings. The summed E-state index contributed by atoms with van der Waals surface area (Å²) in [5.41, 5.74) is 0.471. The van der Waals surface area contributed by atoms with Crippen LogP contribution in [0.3, 0.4) is 0 Å². The zero-order valence-electron chi connectivity index (χ0n) is 11.9. The molecule has 2 atom stereocenters. The summed E-state index contributed by atoms with van der Waals surface area (Å²) in [6.07, 6.45) is 0.881. The summed E-state index contributed by atoms with van der Waals surface area (Å²) in [5, 5.41) is 19.6. The minimum absolute atomic E-state index is 0.0655. The van der Waals surface area contributed by atoms with Crippen LogP contribution in [0.2, 0.25) is 5.02 Å². The van der Waals surface area contributed by atoms with Gasteiger partial charge in [0.05, 0.1) is 6.21 Å². The first kappa shape index (κ1) is 14.9. The Morgan fingerprint density at radius 2 is 2.14 bits per heavy atom. The van der Waals surface area contributed by atoms with Gasteiger partial charge in [-0.15, -0.1) is 0 Å². The lowest BCUT2D eigenvalue weighted by Crippen LogP contribution is -2.41. The number of phenolic OH excluding ortho intramolecular Hbond substituents is 1. The molecule has 0 saturated carbocycles. The highest BCUT2D eigenvalue weighted by atomic mass is 35.5. The van der Waals surface area contributed by atoms with Crippen LogP contribution in [0.5, 0.6) is 5.75 Å². The summed E-state index contributed by atoms with van der Waals surface area (Å²) < 4.78 is 0. The number of fused-ring (bicyclic) bond motifs is 1. The Kier molecular flexibility index (Phi) is 3.57. The molecule has 2 unspecified atom stereocenters. The second kappa shape index (κ2) is 5.29. The van der Waals surface area contributed by atoms with Crippen LogP contribution in [-0.2, 0) is 0 Å². The highest BCUT2D eigenvalue weighted by molar-refractivity contribution is 7.80. The minimum Gasteiger partial charge on any atom is -0.507 e. The number of nitrogens with one attached hydrogen (secondary N) is 1. The van der Waals surface area contributed by atoms with Gasteiger partial charge in [0.1, 0.15) is 11.9 Å². The van der Waals surface area contributed by atoms with E-state index in [1.165, 1.54) is 12.3 Å². The van der Waals surface area contributed by atoms with Crippen LogP contribution >= 0.6 is 23.8 Å².